The average Bonchev–Trinajstić information content (AvgIpc) is 2.39. The molecule has 0 aromatic heterocycles. The van der Waals surface area contributed by atoms with Crippen molar-refractivity contribution < 1.29 is 9.53 Å². The Bertz CT molecular complexity index is 423. The molecule has 96 valence electrons. The van der Waals surface area contributed by atoms with Gasteiger partial charge in [-0.05, 0) is 31.2 Å². The van der Waals surface area contributed by atoms with Gasteiger partial charge in [-0.25, -0.2) is 4.79 Å². The summed E-state index contributed by atoms with van der Waals surface area (Å²) in [5.41, 5.74) is 1.47. The van der Waals surface area contributed by atoms with Gasteiger partial charge in [0.2, 0.25) is 0 Å². The highest BCUT2D eigenvalue weighted by atomic mass is 16.5. The van der Waals surface area contributed by atoms with E-state index in [2.05, 4.69) is 16.7 Å². The van der Waals surface area contributed by atoms with Crippen molar-refractivity contribution in [2.24, 2.45) is 0 Å². The molecule has 0 fully saturated rings. The summed E-state index contributed by atoms with van der Waals surface area (Å²) in [6.45, 7) is 4.74. The number of ether oxygens (including phenoxy) is 1. The molecule has 1 aromatic carbocycles. The number of carbonyl (C=O) groups is 1. The largest absolute Gasteiger partial charge is 0.450 e. The first kappa shape index (κ1) is 14.0. The van der Waals surface area contributed by atoms with Crippen LogP contribution in [-0.2, 0) is 4.74 Å². The van der Waals surface area contributed by atoms with Gasteiger partial charge in [0.05, 0.1) is 18.2 Å². The summed E-state index contributed by atoms with van der Waals surface area (Å²) >= 11 is 0. The molecule has 0 aliphatic carbocycles. The number of nitriles is 1. The molecule has 0 spiro atoms. The first-order valence-corrected chi connectivity index (χ1v) is 5.88. The zero-order valence-corrected chi connectivity index (χ0v) is 10.6. The molecule has 2 N–H and O–H groups in total. The maximum Gasteiger partial charge on any atom is 0.408 e. The van der Waals surface area contributed by atoms with Gasteiger partial charge in [-0.1, -0.05) is 19.1 Å². The van der Waals surface area contributed by atoms with Crippen LogP contribution < -0.4 is 10.6 Å². The summed E-state index contributed by atoms with van der Waals surface area (Å²) in [5.74, 6) is 0. The Kier molecular flexibility index (Phi) is 5.68. The second kappa shape index (κ2) is 7.30. The third-order valence-electron chi connectivity index (χ3n) is 2.32. The molecule has 1 amide bonds. The Hall–Kier alpha value is -2.06. The van der Waals surface area contributed by atoms with Crippen molar-refractivity contribution in [3.63, 3.8) is 0 Å². The highest BCUT2D eigenvalue weighted by Gasteiger charge is 2.13. The van der Waals surface area contributed by atoms with Crippen LogP contribution in [0.1, 0.15) is 31.1 Å². The van der Waals surface area contributed by atoms with Crippen LogP contribution in [0.25, 0.3) is 0 Å². The summed E-state index contributed by atoms with van der Waals surface area (Å²) in [6.07, 6.45) is -0.783. The van der Waals surface area contributed by atoms with Gasteiger partial charge >= 0.3 is 6.09 Å². The highest BCUT2D eigenvalue weighted by molar-refractivity contribution is 5.67. The topological polar surface area (TPSA) is 74.2 Å². The van der Waals surface area contributed by atoms with Gasteiger partial charge in [-0.3, -0.25) is 5.32 Å². The van der Waals surface area contributed by atoms with Crippen LogP contribution in [0, 0.1) is 11.3 Å². The van der Waals surface area contributed by atoms with E-state index in [-0.39, 0.29) is 6.17 Å². The molecule has 18 heavy (non-hydrogen) atoms. The maximum atomic E-state index is 11.4. The fourth-order valence-corrected chi connectivity index (χ4v) is 1.50. The predicted molar refractivity (Wildman–Crippen MR) is 67.7 cm³/mol. The number of benzene rings is 1. The van der Waals surface area contributed by atoms with E-state index in [4.69, 9.17) is 10.00 Å². The summed E-state index contributed by atoms with van der Waals surface area (Å²) in [7, 11) is 0. The van der Waals surface area contributed by atoms with Gasteiger partial charge in [-0.2, -0.15) is 5.26 Å². The maximum absolute atomic E-state index is 11.4. The Morgan fingerprint density at radius 2 is 2.06 bits per heavy atom. The number of carbonyl (C=O) groups excluding carboxylic acids is 1. The molecule has 0 radical (unpaired) electrons. The first-order valence-electron chi connectivity index (χ1n) is 5.88. The third-order valence-corrected chi connectivity index (χ3v) is 2.32. The van der Waals surface area contributed by atoms with Crippen LogP contribution in [0.5, 0.6) is 0 Å². The van der Waals surface area contributed by atoms with E-state index in [1.807, 2.05) is 6.92 Å². The number of amides is 1. The molecule has 0 aliphatic rings. The van der Waals surface area contributed by atoms with E-state index in [0.29, 0.717) is 18.7 Å². The molecule has 0 bridgehead atoms. The summed E-state index contributed by atoms with van der Waals surface area (Å²) in [4.78, 5) is 11.4. The van der Waals surface area contributed by atoms with Crippen molar-refractivity contribution >= 4 is 6.09 Å². The van der Waals surface area contributed by atoms with Crippen LogP contribution >= 0.6 is 0 Å². The number of nitrogens with one attached hydrogen (secondary N) is 2. The normalized spacial score (nSPS) is 11.4. The summed E-state index contributed by atoms with van der Waals surface area (Å²) in [6, 6.07) is 9.09. The second-order valence-electron chi connectivity index (χ2n) is 3.59. The van der Waals surface area contributed by atoms with Gasteiger partial charge in [0.25, 0.3) is 0 Å². The molecule has 5 nitrogen and oxygen atoms in total. The second-order valence-corrected chi connectivity index (χ2v) is 3.59. The van der Waals surface area contributed by atoms with Gasteiger partial charge in [0.15, 0.2) is 0 Å². The van der Waals surface area contributed by atoms with Gasteiger partial charge in [0, 0.05) is 0 Å². The molecule has 1 rings (SSSR count). The fourth-order valence-electron chi connectivity index (χ4n) is 1.50. The molecule has 0 heterocycles. The summed E-state index contributed by atoms with van der Waals surface area (Å²) < 4.78 is 4.84. The van der Waals surface area contributed by atoms with E-state index in [0.717, 1.165) is 5.56 Å². The molecule has 0 saturated heterocycles. The standard InChI is InChI=1S/C13H17N3O2/c1-3-15-12(16-13(17)18-4-2)11-7-5-10(9-14)6-8-11/h5-8,12,15H,3-4H2,1-2H3,(H,16,17). The van der Waals surface area contributed by atoms with E-state index < -0.39 is 6.09 Å². The Balaban J connectivity index is 2.76. The molecule has 0 saturated carbocycles. The minimum atomic E-state index is -0.465. The molecule has 5 heteroatoms. The van der Waals surface area contributed by atoms with Crippen molar-refractivity contribution in [2.75, 3.05) is 13.2 Å². The Morgan fingerprint density at radius 1 is 1.39 bits per heavy atom. The molecular weight excluding hydrogens is 230 g/mol. The van der Waals surface area contributed by atoms with Crippen molar-refractivity contribution in [2.45, 2.75) is 20.0 Å². The number of rotatable bonds is 5. The van der Waals surface area contributed by atoms with E-state index in [1.165, 1.54) is 0 Å². The van der Waals surface area contributed by atoms with Crippen molar-refractivity contribution in [1.29, 1.82) is 5.26 Å². The van der Waals surface area contributed by atoms with Gasteiger partial charge in [-0.15, -0.1) is 0 Å². The molecule has 1 aromatic rings. The minimum Gasteiger partial charge on any atom is -0.450 e. The summed E-state index contributed by atoms with van der Waals surface area (Å²) in [5, 5.41) is 14.6. The van der Waals surface area contributed by atoms with E-state index in [1.54, 1.807) is 31.2 Å². The molecule has 1 atom stereocenters. The Morgan fingerprint density at radius 3 is 2.56 bits per heavy atom. The van der Waals surface area contributed by atoms with Crippen LogP contribution in [0.4, 0.5) is 4.79 Å². The lowest BCUT2D eigenvalue weighted by atomic mass is 10.1. The van der Waals surface area contributed by atoms with Gasteiger partial charge < -0.3 is 10.1 Å². The Labute approximate surface area is 107 Å². The molecular formula is C13H17N3O2. The number of nitrogens with zero attached hydrogens (tertiary/aromatic N) is 1. The lowest BCUT2D eigenvalue weighted by Gasteiger charge is -2.19. The van der Waals surface area contributed by atoms with Crippen molar-refractivity contribution in [3.8, 4) is 6.07 Å². The average molecular weight is 247 g/mol. The van der Waals surface area contributed by atoms with Crippen molar-refractivity contribution in [1.82, 2.24) is 10.6 Å². The molecule has 1 unspecified atom stereocenters. The lowest BCUT2D eigenvalue weighted by molar-refractivity contribution is 0.146. The fraction of sp³-hybridized carbons (Fsp3) is 0.385. The van der Waals surface area contributed by atoms with Crippen LogP contribution in [0.2, 0.25) is 0 Å². The van der Waals surface area contributed by atoms with Gasteiger partial charge in [0.1, 0.15) is 6.17 Å². The highest BCUT2D eigenvalue weighted by Crippen LogP contribution is 2.11. The first-order chi connectivity index (χ1) is 8.71. The molecule has 0 aliphatic heterocycles. The number of alkyl carbamates (subject to hydrolysis) is 1. The van der Waals surface area contributed by atoms with E-state index >= 15 is 0 Å². The number of hydrogen-bond acceptors (Lipinski definition) is 4. The monoisotopic (exact) mass is 247 g/mol. The minimum absolute atomic E-state index is 0.318. The smallest absolute Gasteiger partial charge is 0.408 e. The van der Waals surface area contributed by atoms with Crippen LogP contribution in [0.3, 0.4) is 0 Å². The quantitative estimate of drug-likeness (QED) is 0.779. The van der Waals surface area contributed by atoms with Crippen LogP contribution in [0.15, 0.2) is 24.3 Å². The van der Waals surface area contributed by atoms with E-state index in [9.17, 15) is 4.79 Å². The lowest BCUT2D eigenvalue weighted by Crippen LogP contribution is -2.38. The number of hydrogen-bond donors (Lipinski definition) is 2. The van der Waals surface area contributed by atoms with Crippen LogP contribution in [-0.4, -0.2) is 19.2 Å². The zero-order valence-electron chi connectivity index (χ0n) is 10.6. The van der Waals surface area contributed by atoms with Crippen molar-refractivity contribution in [3.05, 3.63) is 35.4 Å². The SMILES string of the molecule is CCNC(NC(=O)OCC)c1ccc(C#N)cc1. The predicted octanol–water partition coefficient (Wildman–Crippen LogP) is 1.91. The third kappa shape index (κ3) is 4.07. The zero-order chi connectivity index (χ0) is 13.4.